The van der Waals surface area contributed by atoms with Crippen molar-refractivity contribution >= 4 is 5.91 Å². The fourth-order valence-electron chi connectivity index (χ4n) is 1.01. The lowest BCUT2D eigenvalue weighted by Gasteiger charge is -2.34. The van der Waals surface area contributed by atoms with E-state index in [0.29, 0.717) is 19.6 Å². The van der Waals surface area contributed by atoms with Crippen molar-refractivity contribution in [1.82, 2.24) is 4.90 Å². The fraction of sp³-hybridized carbons (Fsp3) is 0.900. The van der Waals surface area contributed by atoms with Crippen LogP contribution in [0.3, 0.4) is 0 Å². The highest BCUT2D eigenvalue weighted by molar-refractivity contribution is 5.76. The van der Waals surface area contributed by atoms with E-state index in [-0.39, 0.29) is 11.4 Å². The second-order valence-electron chi connectivity index (χ2n) is 4.07. The molecule has 84 valence electrons. The molecule has 0 unspecified atom stereocenters. The van der Waals surface area contributed by atoms with Gasteiger partial charge in [-0.3, -0.25) is 4.79 Å². The number of likely N-dealkylation sites (N-methyl/N-ethyl adjacent to an activating group) is 1. The molecule has 0 aliphatic rings. The fourth-order valence-corrected chi connectivity index (χ4v) is 1.01. The summed E-state index contributed by atoms with van der Waals surface area (Å²) in [7, 11) is 3.43. The molecular weight excluding hydrogens is 180 g/mol. The minimum Gasteiger partial charge on any atom is -0.385 e. The molecule has 2 N–H and O–H groups in total. The number of hydrogen-bond donors (Lipinski definition) is 1. The lowest BCUT2D eigenvalue weighted by atomic mass is 10.0. The van der Waals surface area contributed by atoms with E-state index in [0.717, 1.165) is 6.42 Å². The van der Waals surface area contributed by atoms with Gasteiger partial charge in [0.2, 0.25) is 5.91 Å². The van der Waals surface area contributed by atoms with E-state index in [1.165, 1.54) is 0 Å². The second kappa shape index (κ2) is 5.98. The van der Waals surface area contributed by atoms with Gasteiger partial charge in [0.1, 0.15) is 0 Å². The summed E-state index contributed by atoms with van der Waals surface area (Å²) in [6, 6.07) is 0. The van der Waals surface area contributed by atoms with Gasteiger partial charge in [0.15, 0.2) is 0 Å². The molecular formula is C10H22N2O2. The molecule has 0 aliphatic carbocycles. The number of carbonyl (C=O) groups is 1. The van der Waals surface area contributed by atoms with Gasteiger partial charge in [0.25, 0.3) is 0 Å². The third kappa shape index (κ3) is 4.07. The minimum atomic E-state index is -0.260. The van der Waals surface area contributed by atoms with Crippen LogP contribution in [-0.2, 0) is 9.53 Å². The van der Waals surface area contributed by atoms with Gasteiger partial charge in [-0.2, -0.15) is 0 Å². The first kappa shape index (κ1) is 13.4. The summed E-state index contributed by atoms with van der Waals surface area (Å²) in [5, 5.41) is 0. The molecule has 4 nitrogen and oxygen atoms in total. The summed E-state index contributed by atoms with van der Waals surface area (Å²) >= 11 is 0. The molecule has 0 fully saturated rings. The Morgan fingerprint density at radius 3 is 2.50 bits per heavy atom. The van der Waals surface area contributed by atoms with Gasteiger partial charge in [-0.25, -0.2) is 0 Å². The minimum absolute atomic E-state index is 0.123. The number of ether oxygens (including phenoxy) is 1. The average Bonchev–Trinajstić information content (AvgIpc) is 2.17. The van der Waals surface area contributed by atoms with Gasteiger partial charge in [-0.05, 0) is 20.3 Å². The van der Waals surface area contributed by atoms with Crippen LogP contribution >= 0.6 is 0 Å². The molecule has 4 heteroatoms. The summed E-state index contributed by atoms with van der Waals surface area (Å²) in [6.45, 7) is 5.02. The molecule has 0 aromatic carbocycles. The molecule has 0 saturated carbocycles. The Morgan fingerprint density at radius 2 is 2.07 bits per heavy atom. The van der Waals surface area contributed by atoms with Gasteiger partial charge < -0.3 is 15.4 Å². The highest BCUT2D eigenvalue weighted by Crippen LogP contribution is 2.12. The van der Waals surface area contributed by atoms with E-state index >= 15 is 0 Å². The van der Waals surface area contributed by atoms with Crippen molar-refractivity contribution in [3.63, 3.8) is 0 Å². The van der Waals surface area contributed by atoms with Crippen LogP contribution in [0.2, 0.25) is 0 Å². The zero-order valence-corrected chi connectivity index (χ0v) is 9.67. The number of methoxy groups -OCH3 is 1. The van der Waals surface area contributed by atoms with E-state index in [4.69, 9.17) is 10.5 Å². The number of rotatable bonds is 6. The average molecular weight is 202 g/mol. The van der Waals surface area contributed by atoms with Crippen LogP contribution in [0.5, 0.6) is 0 Å². The van der Waals surface area contributed by atoms with E-state index in [1.54, 1.807) is 19.1 Å². The topological polar surface area (TPSA) is 55.6 Å². The van der Waals surface area contributed by atoms with Crippen molar-refractivity contribution < 1.29 is 9.53 Å². The smallest absolute Gasteiger partial charge is 0.222 e. The monoisotopic (exact) mass is 202 g/mol. The Hall–Kier alpha value is -0.610. The number of nitrogens with two attached hydrogens (primary N) is 1. The Morgan fingerprint density at radius 1 is 1.50 bits per heavy atom. The first-order valence-corrected chi connectivity index (χ1v) is 4.91. The third-order valence-electron chi connectivity index (χ3n) is 2.52. The molecule has 0 rings (SSSR count). The maximum absolute atomic E-state index is 11.6. The van der Waals surface area contributed by atoms with Gasteiger partial charge in [0, 0.05) is 39.3 Å². The van der Waals surface area contributed by atoms with Crippen LogP contribution in [0, 0.1) is 0 Å². The van der Waals surface area contributed by atoms with Crippen molar-refractivity contribution in [3.05, 3.63) is 0 Å². The Kier molecular flexibility index (Phi) is 5.72. The molecule has 0 saturated heterocycles. The maximum Gasteiger partial charge on any atom is 0.222 e. The molecule has 14 heavy (non-hydrogen) atoms. The van der Waals surface area contributed by atoms with E-state index < -0.39 is 0 Å². The molecule has 0 radical (unpaired) electrons. The van der Waals surface area contributed by atoms with Crippen LogP contribution in [0.4, 0.5) is 0 Å². The summed E-state index contributed by atoms with van der Waals surface area (Å²) in [4.78, 5) is 13.3. The lowest BCUT2D eigenvalue weighted by molar-refractivity contribution is -0.134. The largest absolute Gasteiger partial charge is 0.385 e. The van der Waals surface area contributed by atoms with Gasteiger partial charge >= 0.3 is 0 Å². The highest BCUT2D eigenvalue weighted by atomic mass is 16.5. The van der Waals surface area contributed by atoms with Gasteiger partial charge in [-0.15, -0.1) is 0 Å². The summed E-state index contributed by atoms with van der Waals surface area (Å²) < 4.78 is 4.89. The number of carbonyl (C=O) groups excluding carboxylic acids is 1. The summed E-state index contributed by atoms with van der Waals surface area (Å²) in [6.07, 6.45) is 1.29. The summed E-state index contributed by atoms with van der Waals surface area (Å²) in [5.74, 6) is 0.123. The number of hydrogen-bond acceptors (Lipinski definition) is 3. The van der Waals surface area contributed by atoms with Crippen molar-refractivity contribution in [2.24, 2.45) is 5.73 Å². The van der Waals surface area contributed by atoms with Crippen molar-refractivity contribution in [2.75, 3.05) is 27.3 Å². The van der Waals surface area contributed by atoms with Gasteiger partial charge in [0.05, 0.1) is 0 Å². The first-order chi connectivity index (χ1) is 6.45. The second-order valence-corrected chi connectivity index (χ2v) is 4.07. The molecule has 0 heterocycles. The normalized spacial score (nSPS) is 11.5. The highest BCUT2D eigenvalue weighted by Gasteiger charge is 2.25. The van der Waals surface area contributed by atoms with Crippen LogP contribution in [0.1, 0.15) is 26.7 Å². The maximum atomic E-state index is 11.6. The molecule has 0 bridgehead atoms. The first-order valence-electron chi connectivity index (χ1n) is 4.91. The van der Waals surface area contributed by atoms with Crippen molar-refractivity contribution in [1.29, 1.82) is 0 Å². The molecule has 0 spiro atoms. The molecule has 0 aromatic heterocycles. The van der Waals surface area contributed by atoms with Gasteiger partial charge in [-0.1, -0.05) is 0 Å². The lowest BCUT2D eigenvalue weighted by Crippen LogP contribution is -2.50. The molecule has 0 aromatic rings. The van der Waals surface area contributed by atoms with Crippen molar-refractivity contribution in [3.8, 4) is 0 Å². The predicted octanol–water partition coefficient (Wildman–Crippen LogP) is 0.609. The molecule has 0 atom stereocenters. The quantitative estimate of drug-likeness (QED) is 0.642. The zero-order chi connectivity index (χ0) is 11.2. The van der Waals surface area contributed by atoms with E-state index in [2.05, 4.69) is 0 Å². The Labute approximate surface area is 86.4 Å². The van der Waals surface area contributed by atoms with E-state index in [1.807, 2.05) is 13.8 Å². The molecule has 1 amide bonds. The zero-order valence-electron chi connectivity index (χ0n) is 9.67. The van der Waals surface area contributed by atoms with Crippen LogP contribution in [-0.4, -0.2) is 43.7 Å². The van der Waals surface area contributed by atoms with Crippen LogP contribution in [0.15, 0.2) is 0 Å². The summed E-state index contributed by atoms with van der Waals surface area (Å²) in [5.41, 5.74) is 5.32. The predicted molar refractivity (Wildman–Crippen MR) is 57.0 cm³/mol. The number of nitrogens with zero attached hydrogens (tertiary/aromatic N) is 1. The van der Waals surface area contributed by atoms with Crippen molar-refractivity contribution in [2.45, 2.75) is 32.2 Å². The third-order valence-corrected chi connectivity index (χ3v) is 2.52. The van der Waals surface area contributed by atoms with Crippen LogP contribution < -0.4 is 5.73 Å². The Bertz CT molecular complexity index is 181. The standard InChI is InChI=1S/C10H22N2O2/c1-10(2,8-11)12(3)9(13)6-5-7-14-4/h5-8,11H2,1-4H3. The SMILES string of the molecule is COCCCC(=O)N(C)C(C)(C)CN. The molecule has 0 aliphatic heterocycles. The number of amides is 1. The van der Waals surface area contributed by atoms with Crippen LogP contribution in [0.25, 0.3) is 0 Å². The van der Waals surface area contributed by atoms with E-state index in [9.17, 15) is 4.79 Å². The Balaban J connectivity index is 3.99.